The van der Waals surface area contributed by atoms with Crippen LogP contribution in [0.5, 0.6) is 0 Å². The van der Waals surface area contributed by atoms with Crippen molar-refractivity contribution in [2.24, 2.45) is 0 Å². The van der Waals surface area contributed by atoms with Gasteiger partial charge in [-0.1, -0.05) is 35.0 Å². The molecule has 10 heteroatoms. The Bertz CT molecular complexity index is 876. The molecule has 0 bridgehead atoms. The molecule has 7 nitrogen and oxygen atoms in total. The number of nitro benzene ring substituents is 1. The number of benzene rings is 1. The average molecular weight is 357 g/mol. The van der Waals surface area contributed by atoms with Crippen molar-refractivity contribution in [3.63, 3.8) is 0 Å². The number of nitriles is 1. The number of hydrogen-bond donors (Lipinski definition) is 1. The summed E-state index contributed by atoms with van der Waals surface area (Å²) in [5.74, 6) is 0. The minimum Gasteiger partial charge on any atom is -0.300 e. The highest BCUT2D eigenvalue weighted by Crippen LogP contribution is 2.38. The molecule has 0 aliphatic rings. The third-order valence-electron chi connectivity index (χ3n) is 2.67. The first kappa shape index (κ1) is 16.3. The molecule has 1 heterocycles. The van der Waals surface area contributed by atoms with E-state index >= 15 is 0 Å². The van der Waals surface area contributed by atoms with E-state index in [0.717, 1.165) is 11.8 Å². The monoisotopic (exact) mass is 356 g/mol. The van der Waals surface area contributed by atoms with Crippen LogP contribution in [0.25, 0.3) is 11.3 Å². The Morgan fingerprint density at radius 3 is 2.68 bits per heavy atom. The predicted octanol–water partition coefficient (Wildman–Crippen LogP) is 3.25. The van der Waals surface area contributed by atoms with Gasteiger partial charge in [0.15, 0.2) is 5.16 Å². The highest BCUT2D eigenvalue weighted by molar-refractivity contribution is 7.98. The van der Waals surface area contributed by atoms with Gasteiger partial charge in [0.2, 0.25) is 0 Å². The number of nitrogens with zero attached hydrogens (tertiary/aromatic N) is 3. The number of nitro groups is 1. The Balaban J connectivity index is 2.94. The molecule has 0 radical (unpaired) electrons. The molecule has 2 rings (SSSR count). The minimum atomic E-state index is -0.712. The Kier molecular flexibility index (Phi) is 4.71. The molecule has 22 heavy (non-hydrogen) atoms. The van der Waals surface area contributed by atoms with Crippen LogP contribution >= 0.6 is 35.0 Å². The smallest absolute Gasteiger partial charge is 0.297 e. The van der Waals surface area contributed by atoms with E-state index in [1.807, 2.05) is 0 Å². The lowest BCUT2D eigenvalue weighted by atomic mass is 10.1. The van der Waals surface area contributed by atoms with E-state index < -0.39 is 16.2 Å². The number of aromatic amines is 1. The third kappa shape index (κ3) is 2.92. The lowest BCUT2D eigenvalue weighted by Gasteiger charge is -2.07. The molecule has 1 N–H and O–H groups in total. The number of halogens is 2. The summed E-state index contributed by atoms with van der Waals surface area (Å²) in [5.41, 5.74) is -1.72. The SMILES string of the molecule is CSc1nc(-c2cc(Cl)cc(Cl)c2[N+](=O)[O-])c(C#N)c(=O)[nH]1. The normalized spacial score (nSPS) is 10.3. The Morgan fingerprint density at radius 2 is 2.14 bits per heavy atom. The molecule has 112 valence electrons. The summed E-state index contributed by atoms with van der Waals surface area (Å²) >= 11 is 12.9. The zero-order valence-corrected chi connectivity index (χ0v) is 13.2. The van der Waals surface area contributed by atoms with Crippen LogP contribution in [0.3, 0.4) is 0 Å². The Hall–Kier alpha value is -2.08. The molecular formula is C12H6Cl2N4O3S. The maximum absolute atomic E-state index is 11.9. The number of thioether (sulfide) groups is 1. The first-order valence-electron chi connectivity index (χ1n) is 5.61. The van der Waals surface area contributed by atoms with Crippen molar-refractivity contribution in [3.05, 3.63) is 48.2 Å². The van der Waals surface area contributed by atoms with Crippen molar-refractivity contribution < 1.29 is 4.92 Å². The number of H-pyrrole nitrogens is 1. The third-order valence-corrected chi connectivity index (χ3v) is 3.76. The molecule has 0 aliphatic heterocycles. The van der Waals surface area contributed by atoms with Crippen LogP contribution < -0.4 is 5.56 Å². The zero-order chi connectivity index (χ0) is 16.4. The van der Waals surface area contributed by atoms with E-state index in [0.29, 0.717) is 0 Å². The number of hydrogen-bond acceptors (Lipinski definition) is 6. The zero-order valence-electron chi connectivity index (χ0n) is 10.9. The van der Waals surface area contributed by atoms with Crippen LogP contribution in [-0.4, -0.2) is 21.1 Å². The summed E-state index contributed by atoms with van der Waals surface area (Å²) in [7, 11) is 0. The van der Waals surface area contributed by atoms with E-state index in [-0.39, 0.29) is 32.0 Å². The summed E-state index contributed by atoms with van der Waals surface area (Å²) in [4.78, 5) is 28.9. The Labute approximate surface area is 138 Å². The van der Waals surface area contributed by atoms with Crippen molar-refractivity contribution in [1.82, 2.24) is 9.97 Å². The van der Waals surface area contributed by atoms with Crippen molar-refractivity contribution in [2.45, 2.75) is 5.16 Å². The second-order valence-electron chi connectivity index (χ2n) is 3.95. The summed E-state index contributed by atoms with van der Waals surface area (Å²) in [6.07, 6.45) is 1.66. The van der Waals surface area contributed by atoms with Gasteiger partial charge in [-0.15, -0.1) is 0 Å². The molecule has 0 spiro atoms. The van der Waals surface area contributed by atoms with Gasteiger partial charge in [-0.2, -0.15) is 5.26 Å². The van der Waals surface area contributed by atoms with Crippen molar-refractivity contribution >= 4 is 40.7 Å². The molecule has 0 saturated carbocycles. The highest BCUT2D eigenvalue weighted by atomic mass is 35.5. The van der Waals surface area contributed by atoms with E-state index in [2.05, 4.69) is 9.97 Å². The molecule has 1 aromatic carbocycles. The molecule has 0 atom stereocenters. The van der Waals surface area contributed by atoms with Gasteiger partial charge in [0.25, 0.3) is 11.2 Å². The van der Waals surface area contributed by atoms with Gasteiger partial charge in [0.05, 0.1) is 10.5 Å². The van der Waals surface area contributed by atoms with Crippen LogP contribution in [0.15, 0.2) is 22.1 Å². The fourth-order valence-electron chi connectivity index (χ4n) is 1.78. The molecule has 0 saturated heterocycles. The lowest BCUT2D eigenvalue weighted by molar-refractivity contribution is -0.384. The van der Waals surface area contributed by atoms with Crippen LogP contribution in [0, 0.1) is 21.4 Å². The Morgan fingerprint density at radius 1 is 1.45 bits per heavy atom. The standard InChI is InChI=1S/C12H6Cl2N4O3S/c1-22-12-16-9(7(4-15)11(19)17-12)6-2-5(13)3-8(14)10(6)18(20)21/h2-3H,1H3,(H,16,17,19). The topological polar surface area (TPSA) is 113 Å². The van der Waals surface area contributed by atoms with Gasteiger partial charge in [-0.25, -0.2) is 4.98 Å². The van der Waals surface area contributed by atoms with Gasteiger partial charge in [0.1, 0.15) is 22.3 Å². The quantitative estimate of drug-likeness (QED) is 0.390. The summed E-state index contributed by atoms with van der Waals surface area (Å²) in [6.45, 7) is 0. The van der Waals surface area contributed by atoms with E-state index in [1.54, 1.807) is 12.3 Å². The van der Waals surface area contributed by atoms with Crippen LogP contribution in [0.1, 0.15) is 5.56 Å². The van der Waals surface area contributed by atoms with Gasteiger partial charge < -0.3 is 4.98 Å². The maximum atomic E-state index is 11.9. The fraction of sp³-hybridized carbons (Fsp3) is 0.0833. The maximum Gasteiger partial charge on any atom is 0.297 e. The molecule has 0 unspecified atom stereocenters. The largest absolute Gasteiger partial charge is 0.300 e. The molecule has 2 aromatic rings. The molecule has 0 fully saturated rings. The van der Waals surface area contributed by atoms with Gasteiger partial charge >= 0.3 is 0 Å². The molecule has 0 amide bonds. The van der Waals surface area contributed by atoms with Crippen molar-refractivity contribution in [3.8, 4) is 17.3 Å². The lowest BCUT2D eigenvalue weighted by Crippen LogP contribution is -2.15. The van der Waals surface area contributed by atoms with Crippen molar-refractivity contribution in [1.29, 1.82) is 5.26 Å². The average Bonchev–Trinajstić information content (AvgIpc) is 2.44. The summed E-state index contributed by atoms with van der Waals surface area (Å²) in [6, 6.07) is 4.15. The van der Waals surface area contributed by atoms with Gasteiger partial charge in [0, 0.05) is 5.02 Å². The van der Waals surface area contributed by atoms with Crippen LogP contribution in [-0.2, 0) is 0 Å². The first-order chi connectivity index (χ1) is 10.4. The van der Waals surface area contributed by atoms with Crippen molar-refractivity contribution in [2.75, 3.05) is 6.26 Å². The van der Waals surface area contributed by atoms with Gasteiger partial charge in [-0.05, 0) is 18.4 Å². The van der Waals surface area contributed by atoms with E-state index in [9.17, 15) is 14.9 Å². The van der Waals surface area contributed by atoms with E-state index in [1.165, 1.54) is 12.1 Å². The van der Waals surface area contributed by atoms with E-state index in [4.69, 9.17) is 28.5 Å². The summed E-state index contributed by atoms with van der Waals surface area (Å²) in [5, 5.41) is 20.5. The predicted molar refractivity (Wildman–Crippen MR) is 83.5 cm³/mol. The minimum absolute atomic E-state index is 0.0829. The molecule has 0 aliphatic carbocycles. The highest BCUT2D eigenvalue weighted by Gasteiger charge is 2.25. The number of aromatic nitrogens is 2. The van der Waals surface area contributed by atoms with Gasteiger partial charge in [-0.3, -0.25) is 14.9 Å². The molecule has 1 aromatic heterocycles. The molecular weight excluding hydrogens is 351 g/mol. The second-order valence-corrected chi connectivity index (χ2v) is 5.59. The first-order valence-corrected chi connectivity index (χ1v) is 7.59. The second kappa shape index (κ2) is 6.36. The van der Waals surface area contributed by atoms with Crippen LogP contribution in [0.4, 0.5) is 5.69 Å². The number of nitrogens with one attached hydrogen (secondary N) is 1. The number of rotatable bonds is 3. The summed E-state index contributed by atoms with van der Waals surface area (Å²) < 4.78 is 0. The fourth-order valence-corrected chi connectivity index (χ4v) is 2.72. The van der Waals surface area contributed by atoms with Crippen LogP contribution in [0.2, 0.25) is 10.0 Å².